The predicted molar refractivity (Wildman–Crippen MR) is 133 cm³/mol. The maximum absolute atomic E-state index is 14.0. The van der Waals surface area contributed by atoms with Gasteiger partial charge in [-0.25, -0.2) is 4.79 Å². The molecule has 2 aromatic rings. The van der Waals surface area contributed by atoms with Crippen LogP contribution < -0.4 is 5.32 Å². The number of nitrogens with one attached hydrogen (secondary N) is 1. The second-order valence-electron chi connectivity index (χ2n) is 12.6. The monoisotopic (exact) mass is 501 g/mol. The Morgan fingerprint density at radius 3 is 2.46 bits per heavy atom. The van der Waals surface area contributed by atoms with Crippen LogP contribution >= 0.6 is 0 Å². The average molecular weight is 502 g/mol. The van der Waals surface area contributed by atoms with Crippen molar-refractivity contribution in [2.45, 2.75) is 73.1 Å². The summed E-state index contributed by atoms with van der Waals surface area (Å²) in [7, 11) is 0. The van der Waals surface area contributed by atoms with Gasteiger partial charge in [0, 0.05) is 23.9 Å². The van der Waals surface area contributed by atoms with Gasteiger partial charge in [0.2, 0.25) is 0 Å². The molecule has 2 aromatic carbocycles. The molecule has 2 unspecified atom stereocenters. The number of carbonyl (C=O) groups excluding carboxylic acids is 2. The van der Waals surface area contributed by atoms with E-state index in [1.807, 2.05) is 6.07 Å². The van der Waals surface area contributed by atoms with Crippen molar-refractivity contribution in [2.75, 3.05) is 13.1 Å². The lowest BCUT2D eigenvalue weighted by molar-refractivity contribution is -0.162. The molecule has 192 valence electrons. The number of benzene rings is 2. The van der Waals surface area contributed by atoms with Crippen LogP contribution in [0.15, 0.2) is 42.5 Å². The molecule has 2 heterocycles. The minimum atomic E-state index is -1.08. The largest absolute Gasteiger partial charge is 0.508 e. The molecule has 37 heavy (non-hydrogen) atoms. The van der Waals surface area contributed by atoms with E-state index in [1.54, 1.807) is 36.4 Å². The molecule has 4 aliphatic carbocycles. The molecular weight excluding hydrogens is 470 g/mol. The van der Waals surface area contributed by atoms with Gasteiger partial charge in [0.25, 0.3) is 5.91 Å². The SMILES string of the molecule is O=C1N[C@]2(CCC3(O)[C@@H]4N(CC5CC5)CC45C[C@@]3(C2)c2cc(O)ccc25)C(=O)N1Cc1ccc(O)cc1. The van der Waals surface area contributed by atoms with Crippen molar-refractivity contribution >= 4 is 11.9 Å². The highest BCUT2D eigenvalue weighted by Crippen LogP contribution is 2.75. The van der Waals surface area contributed by atoms with Gasteiger partial charge in [-0.05, 0) is 85.4 Å². The highest BCUT2D eigenvalue weighted by molar-refractivity contribution is 6.07. The number of carbonyl (C=O) groups is 2. The Bertz CT molecular complexity index is 1370. The minimum Gasteiger partial charge on any atom is -0.508 e. The summed E-state index contributed by atoms with van der Waals surface area (Å²) < 4.78 is 0. The Labute approximate surface area is 214 Å². The number of hydrogen-bond acceptors (Lipinski definition) is 6. The van der Waals surface area contributed by atoms with Crippen LogP contribution in [0.3, 0.4) is 0 Å². The van der Waals surface area contributed by atoms with E-state index >= 15 is 0 Å². The lowest BCUT2D eigenvalue weighted by Crippen LogP contribution is -2.76. The molecule has 5 atom stereocenters. The number of hydrogen-bond donors (Lipinski definition) is 4. The van der Waals surface area contributed by atoms with Gasteiger partial charge in [-0.1, -0.05) is 18.2 Å². The molecular formula is C29H31N3O5. The molecule has 0 aromatic heterocycles. The minimum absolute atomic E-state index is 0.00954. The number of aromatic hydroxyl groups is 2. The molecule has 3 saturated carbocycles. The number of nitrogens with zero attached hydrogens (tertiary/aromatic N) is 2. The van der Waals surface area contributed by atoms with Gasteiger partial charge in [-0.3, -0.25) is 14.6 Å². The average Bonchev–Trinajstić information content (AvgIpc) is 3.55. The van der Waals surface area contributed by atoms with Gasteiger partial charge in [0.15, 0.2) is 0 Å². The van der Waals surface area contributed by atoms with Gasteiger partial charge in [-0.15, -0.1) is 0 Å². The Kier molecular flexibility index (Phi) is 3.95. The van der Waals surface area contributed by atoms with E-state index in [4.69, 9.17) is 0 Å². The molecule has 3 amide bonds. The number of phenolic OH excluding ortho intramolecular Hbond substituents is 2. The van der Waals surface area contributed by atoms with Crippen molar-refractivity contribution in [2.24, 2.45) is 5.92 Å². The molecule has 2 saturated heterocycles. The fourth-order valence-corrected chi connectivity index (χ4v) is 9.05. The maximum Gasteiger partial charge on any atom is 0.325 e. The lowest BCUT2D eigenvalue weighted by Gasteiger charge is -2.63. The van der Waals surface area contributed by atoms with Crippen molar-refractivity contribution < 1.29 is 24.9 Å². The maximum atomic E-state index is 14.0. The number of urea groups is 1. The first kappa shape index (κ1) is 21.9. The number of fused-ring (bicyclic) bond motifs is 2. The first-order chi connectivity index (χ1) is 17.7. The van der Waals surface area contributed by atoms with Crippen LogP contribution in [0.4, 0.5) is 4.79 Å². The Hall–Kier alpha value is -3.10. The number of likely N-dealkylation sites (tertiary alicyclic amines) is 1. The number of imide groups is 1. The van der Waals surface area contributed by atoms with Crippen LogP contribution in [-0.2, 0) is 22.2 Å². The molecule has 0 radical (unpaired) electrons. The van der Waals surface area contributed by atoms with E-state index in [0.29, 0.717) is 19.3 Å². The van der Waals surface area contributed by atoms with Crippen molar-refractivity contribution in [1.29, 1.82) is 0 Å². The van der Waals surface area contributed by atoms with E-state index in [1.165, 1.54) is 23.3 Å². The summed E-state index contributed by atoms with van der Waals surface area (Å²) in [5.74, 6) is 0.764. The summed E-state index contributed by atoms with van der Waals surface area (Å²) in [5, 5.41) is 35.7. The van der Waals surface area contributed by atoms with Gasteiger partial charge in [0.05, 0.1) is 18.2 Å². The fraction of sp³-hybridized carbons (Fsp3) is 0.517. The second kappa shape index (κ2) is 6.66. The number of rotatable bonds is 4. The number of phenols is 2. The zero-order valence-corrected chi connectivity index (χ0v) is 20.6. The molecule has 3 spiro atoms. The zero-order valence-electron chi connectivity index (χ0n) is 20.6. The molecule has 6 aliphatic rings. The second-order valence-corrected chi connectivity index (χ2v) is 12.6. The lowest BCUT2D eigenvalue weighted by atomic mass is 9.52. The van der Waals surface area contributed by atoms with Crippen LogP contribution in [0, 0.1) is 5.92 Å². The summed E-state index contributed by atoms with van der Waals surface area (Å²) in [4.78, 5) is 30.9. The summed E-state index contributed by atoms with van der Waals surface area (Å²) in [6, 6.07) is 11.7. The van der Waals surface area contributed by atoms with E-state index in [0.717, 1.165) is 36.6 Å². The summed E-state index contributed by atoms with van der Waals surface area (Å²) >= 11 is 0. The third-order valence-electron chi connectivity index (χ3n) is 10.6. The summed E-state index contributed by atoms with van der Waals surface area (Å²) in [6.45, 7) is 2.04. The predicted octanol–water partition coefficient (Wildman–Crippen LogP) is 2.49. The van der Waals surface area contributed by atoms with Gasteiger partial charge < -0.3 is 20.6 Å². The van der Waals surface area contributed by atoms with Crippen LogP contribution in [0.5, 0.6) is 11.5 Å². The fourth-order valence-electron chi connectivity index (χ4n) is 9.05. The Morgan fingerprint density at radius 2 is 1.70 bits per heavy atom. The molecule has 5 fully saturated rings. The quantitative estimate of drug-likeness (QED) is 0.479. The third kappa shape index (κ3) is 2.55. The highest BCUT2D eigenvalue weighted by atomic mass is 16.3. The van der Waals surface area contributed by atoms with Crippen LogP contribution in [0.2, 0.25) is 0 Å². The Balaban J connectivity index is 1.18. The number of aliphatic hydroxyl groups is 1. The zero-order chi connectivity index (χ0) is 25.4. The van der Waals surface area contributed by atoms with Crippen molar-refractivity contribution in [3.05, 3.63) is 59.2 Å². The van der Waals surface area contributed by atoms with Crippen LogP contribution in [-0.4, -0.2) is 67.3 Å². The first-order valence-corrected chi connectivity index (χ1v) is 13.4. The smallest absolute Gasteiger partial charge is 0.325 e. The van der Waals surface area contributed by atoms with Crippen molar-refractivity contribution in [3.8, 4) is 11.5 Å². The molecule has 8 nitrogen and oxygen atoms in total. The van der Waals surface area contributed by atoms with Gasteiger partial charge in [-0.2, -0.15) is 0 Å². The summed E-state index contributed by atoms with van der Waals surface area (Å²) in [6.07, 6.45) is 4.40. The topological polar surface area (TPSA) is 113 Å². The molecule has 2 aliphatic heterocycles. The third-order valence-corrected chi connectivity index (χ3v) is 10.6. The molecule has 8 heteroatoms. The molecule has 2 bridgehead atoms. The van der Waals surface area contributed by atoms with E-state index in [9.17, 15) is 24.9 Å². The molecule has 8 rings (SSSR count). The van der Waals surface area contributed by atoms with E-state index in [2.05, 4.69) is 10.2 Å². The van der Waals surface area contributed by atoms with Gasteiger partial charge >= 0.3 is 6.03 Å². The number of amides is 3. The van der Waals surface area contributed by atoms with E-state index < -0.39 is 22.6 Å². The standard InChI is InChI=1S/C29H31N3O5/c33-19-5-3-18(4-6-19)13-32-24(35)28(30-25(32)36)9-10-29(37)23-26(16-31(23)12-17-1-2-17)14-27(29,15-28)22-11-20(34)7-8-21(22)26/h3-8,11,17,23,33-34,37H,1-2,9-10,12-16H2,(H,30,36)/t23-,26?,27-,28+,29?/m1/s1. The van der Waals surface area contributed by atoms with Crippen LogP contribution in [0.1, 0.15) is 55.2 Å². The van der Waals surface area contributed by atoms with Crippen molar-refractivity contribution in [3.63, 3.8) is 0 Å². The van der Waals surface area contributed by atoms with Crippen LogP contribution in [0.25, 0.3) is 0 Å². The normalized spacial score (nSPS) is 39.4. The Morgan fingerprint density at radius 1 is 0.946 bits per heavy atom. The van der Waals surface area contributed by atoms with E-state index in [-0.39, 0.29) is 35.4 Å². The van der Waals surface area contributed by atoms with Gasteiger partial charge in [0.1, 0.15) is 17.0 Å². The first-order valence-electron chi connectivity index (χ1n) is 13.4. The summed E-state index contributed by atoms with van der Waals surface area (Å²) in [5.41, 5.74) is -0.0675. The highest BCUT2D eigenvalue weighted by Gasteiger charge is 2.83. The van der Waals surface area contributed by atoms with Crippen molar-refractivity contribution in [1.82, 2.24) is 15.1 Å². The molecule has 4 N–H and O–H groups in total.